The van der Waals surface area contributed by atoms with Crippen LogP contribution in [0.25, 0.3) is 0 Å². The van der Waals surface area contributed by atoms with Crippen LogP contribution in [-0.2, 0) is 5.41 Å². The van der Waals surface area contributed by atoms with Crippen molar-refractivity contribution in [1.29, 1.82) is 0 Å². The molecule has 17 heavy (non-hydrogen) atoms. The fraction of sp³-hybridized carbons (Fsp3) is 0.357. The van der Waals surface area contributed by atoms with E-state index in [1.54, 1.807) is 12.3 Å². The van der Waals surface area contributed by atoms with Gasteiger partial charge in [0.15, 0.2) is 0 Å². The Hall–Kier alpha value is -1.77. The number of urea groups is 1. The number of allylic oxidation sites excluding steroid dienone is 1. The zero-order chi connectivity index (χ0) is 12.9. The first-order valence-corrected chi connectivity index (χ1v) is 5.73. The molecule has 1 rings (SSSR count). The Morgan fingerprint density at radius 2 is 1.88 bits per heavy atom. The summed E-state index contributed by atoms with van der Waals surface area (Å²) in [7, 11) is 0. The predicted molar refractivity (Wildman–Crippen MR) is 72.1 cm³/mol. The van der Waals surface area contributed by atoms with E-state index in [2.05, 4.69) is 31.4 Å². The van der Waals surface area contributed by atoms with Gasteiger partial charge in [-0.25, -0.2) is 4.79 Å². The van der Waals surface area contributed by atoms with E-state index in [1.807, 2.05) is 31.2 Å². The third kappa shape index (κ3) is 3.94. The molecule has 2 amide bonds. The highest BCUT2D eigenvalue weighted by molar-refractivity contribution is 5.90. The van der Waals surface area contributed by atoms with Gasteiger partial charge in [-0.3, -0.25) is 0 Å². The van der Waals surface area contributed by atoms with Crippen molar-refractivity contribution in [3.05, 3.63) is 42.1 Å². The summed E-state index contributed by atoms with van der Waals surface area (Å²) in [4.78, 5) is 11.6. The average molecular weight is 232 g/mol. The molecular weight excluding hydrogens is 212 g/mol. The van der Waals surface area contributed by atoms with Crippen molar-refractivity contribution in [3.8, 4) is 0 Å². The standard InChI is InChI=1S/C14H20N2O/c1-5-10-15-13(17)16-12-9-7-6-8-11(12)14(2,3)4/h5-10H,1-4H3,(H2,15,16,17)/b10-5+. The van der Waals surface area contributed by atoms with E-state index in [-0.39, 0.29) is 11.4 Å². The smallest absolute Gasteiger partial charge is 0.315 e. The lowest BCUT2D eigenvalue weighted by Gasteiger charge is -2.22. The first-order valence-electron chi connectivity index (χ1n) is 5.73. The minimum Gasteiger partial charge on any atom is -0.315 e. The zero-order valence-corrected chi connectivity index (χ0v) is 10.9. The molecule has 2 N–H and O–H groups in total. The van der Waals surface area contributed by atoms with Crippen molar-refractivity contribution < 1.29 is 4.79 Å². The van der Waals surface area contributed by atoms with Gasteiger partial charge in [0.25, 0.3) is 0 Å². The van der Waals surface area contributed by atoms with Crippen molar-refractivity contribution in [2.45, 2.75) is 33.1 Å². The third-order valence-electron chi connectivity index (χ3n) is 2.36. The monoisotopic (exact) mass is 232 g/mol. The van der Waals surface area contributed by atoms with Crippen molar-refractivity contribution in [2.24, 2.45) is 0 Å². The van der Waals surface area contributed by atoms with Gasteiger partial charge in [-0.15, -0.1) is 0 Å². The molecular formula is C14H20N2O. The van der Waals surface area contributed by atoms with Crippen LogP contribution in [0.2, 0.25) is 0 Å². The molecule has 3 heteroatoms. The second-order valence-corrected chi connectivity index (χ2v) is 4.89. The molecule has 0 bridgehead atoms. The predicted octanol–water partition coefficient (Wildman–Crippen LogP) is 3.64. The van der Waals surface area contributed by atoms with E-state index >= 15 is 0 Å². The van der Waals surface area contributed by atoms with Crippen LogP contribution in [0.15, 0.2) is 36.5 Å². The summed E-state index contributed by atoms with van der Waals surface area (Å²) in [5.41, 5.74) is 1.97. The van der Waals surface area contributed by atoms with Gasteiger partial charge < -0.3 is 10.6 Å². The molecule has 0 radical (unpaired) electrons. The summed E-state index contributed by atoms with van der Waals surface area (Å²) in [6, 6.07) is 7.62. The van der Waals surface area contributed by atoms with E-state index in [9.17, 15) is 4.79 Å². The van der Waals surface area contributed by atoms with Gasteiger partial charge in [-0.2, -0.15) is 0 Å². The summed E-state index contributed by atoms with van der Waals surface area (Å²) in [6.07, 6.45) is 3.38. The summed E-state index contributed by atoms with van der Waals surface area (Å²) >= 11 is 0. The Morgan fingerprint density at radius 3 is 2.47 bits per heavy atom. The second-order valence-electron chi connectivity index (χ2n) is 4.89. The lowest BCUT2D eigenvalue weighted by molar-refractivity contribution is 0.255. The molecule has 92 valence electrons. The number of carbonyl (C=O) groups is 1. The van der Waals surface area contributed by atoms with E-state index in [0.29, 0.717) is 0 Å². The van der Waals surface area contributed by atoms with Gasteiger partial charge in [-0.1, -0.05) is 45.0 Å². The molecule has 1 aromatic rings. The lowest BCUT2D eigenvalue weighted by Crippen LogP contribution is -2.26. The molecule has 0 aliphatic carbocycles. The minimum atomic E-state index is -0.222. The highest BCUT2D eigenvalue weighted by atomic mass is 16.2. The number of benzene rings is 1. The normalized spacial score (nSPS) is 11.5. The number of amides is 2. The number of anilines is 1. The lowest BCUT2D eigenvalue weighted by atomic mass is 9.86. The minimum absolute atomic E-state index is 0.00443. The quantitative estimate of drug-likeness (QED) is 0.803. The fourth-order valence-corrected chi connectivity index (χ4v) is 1.56. The highest BCUT2D eigenvalue weighted by Crippen LogP contribution is 2.28. The van der Waals surface area contributed by atoms with Gasteiger partial charge >= 0.3 is 6.03 Å². The number of hydrogen-bond acceptors (Lipinski definition) is 1. The van der Waals surface area contributed by atoms with Gasteiger partial charge in [-0.05, 0) is 24.0 Å². The maximum atomic E-state index is 11.6. The summed E-state index contributed by atoms with van der Waals surface area (Å²) in [6.45, 7) is 8.22. The first kappa shape index (κ1) is 13.3. The highest BCUT2D eigenvalue weighted by Gasteiger charge is 2.18. The van der Waals surface area contributed by atoms with Crippen LogP contribution in [0.3, 0.4) is 0 Å². The van der Waals surface area contributed by atoms with Crippen molar-refractivity contribution in [3.63, 3.8) is 0 Å². The van der Waals surface area contributed by atoms with Crippen molar-refractivity contribution >= 4 is 11.7 Å². The SMILES string of the molecule is C/C=C/NC(=O)Nc1ccccc1C(C)(C)C. The maximum absolute atomic E-state index is 11.6. The van der Waals surface area contributed by atoms with Crippen molar-refractivity contribution in [1.82, 2.24) is 5.32 Å². The second kappa shape index (κ2) is 5.53. The fourth-order valence-electron chi connectivity index (χ4n) is 1.56. The van der Waals surface area contributed by atoms with E-state index in [0.717, 1.165) is 11.3 Å². The number of hydrogen-bond donors (Lipinski definition) is 2. The summed E-state index contributed by atoms with van der Waals surface area (Å²) in [5.74, 6) is 0. The Labute approximate surface area is 103 Å². The first-order chi connectivity index (χ1) is 7.95. The van der Waals surface area contributed by atoms with Gasteiger partial charge in [0, 0.05) is 11.9 Å². The Balaban J connectivity index is 2.88. The summed E-state index contributed by atoms with van der Waals surface area (Å²) < 4.78 is 0. The van der Waals surface area contributed by atoms with Crippen LogP contribution in [0.4, 0.5) is 10.5 Å². The number of rotatable bonds is 2. The van der Waals surface area contributed by atoms with E-state index in [4.69, 9.17) is 0 Å². The van der Waals surface area contributed by atoms with Gasteiger partial charge in [0.1, 0.15) is 0 Å². The molecule has 3 nitrogen and oxygen atoms in total. The van der Waals surface area contributed by atoms with Gasteiger partial charge in [0.2, 0.25) is 0 Å². The molecule has 0 saturated carbocycles. The van der Waals surface area contributed by atoms with Crippen molar-refractivity contribution in [2.75, 3.05) is 5.32 Å². The molecule has 0 aliphatic rings. The molecule has 0 aromatic heterocycles. The Bertz CT molecular complexity index is 416. The van der Waals surface area contributed by atoms with Crippen LogP contribution >= 0.6 is 0 Å². The topological polar surface area (TPSA) is 41.1 Å². The number of carbonyl (C=O) groups excluding carboxylic acids is 1. The van der Waals surface area contributed by atoms with Crippen LogP contribution in [0.5, 0.6) is 0 Å². The Kier molecular flexibility index (Phi) is 4.32. The summed E-state index contributed by atoms with van der Waals surface area (Å²) in [5, 5.41) is 5.48. The van der Waals surface area contributed by atoms with Crippen LogP contribution < -0.4 is 10.6 Å². The molecule has 1 aromatic carbocycles. The van der Waals surface area contributed by atoms with Gasteiger partial charge in [0.05, 0.1) is 0 Å². The molecule has 0 saturated heterocycles. The molecule has 0 heterocycles. The van der Waals surface area contributed by atoms with Crippen LogP contribution in [0, 0.1) is 0 Å². The zero-order valence-electron chi connectivity index (χ0n) is 10.9. The number of para-hydroxylation sites is 1. The molecule has 0 aliphatic heterocycles. The average Bonchev–Trinajstić information content (AvgIpc) is 2.25. The van der Waals surface area contributed by atoms with Crippen LogP contribution in [0.1, 0.15) is 33.3 Å². The third-order valence-corrected chi connectivity index (χ3v) is 2.36. The van der Waals surface area contributed by atoms with E-state index < -0.39 is 0 Å². The van der Waals surface area contributed by atoms with E-state index in [1.165, 1.54) is 0 Å². The molecule has 0 unspecified atom stereocenters. The molecule has 0 spiro atoms. The largest absolute Gasteiger partial charge is 0.323 e. The molecule has 0 atom stereocenters. The maximum Gasteiger partial charge on any atom is 0.323 e. The molecule has 0 fully saturated rings. The van der Waals surface area contributed by atoms with Crippen LogP contribution in [-0.4, -0.2) is 6.03 Å². The Morgan fingerprint density at radius 1 is 1.24 bits per heavy atom. The number of nitrogens with one attached hydrogen (secondary N) is 2.